The number of hydrogen-bond donors (Lipinski definition) is 1. The maximum absolute atomic E-state index is 9.34. The van der Waals surface area contributed by atoms with Crippen molar-refractivity contribution in [2.45, 2.75) is 18.9 Å². The van der Waals surface area contributed by atoms with Crippen molar-refractivity contribution < 1.29 is 36.2 Å². The van der Waals surface area contributed by atoms with E-state index in [-0.39, 0.29) is 31.1 Å². The molecule has 1 N–H and O–H groups in total. The third-order valence-corrected chi connectivity index (χ3v) is 2.78. The summed E-state index contributed by atoms with van der Waals surface area (Å²) in [7, 11) is 2.14. The van der Waals surface area contributed by atoms with Crippen LogP contribution in [0.25, 0.3) is 0 Å². The van der Waals surface area contributed by atoms with Gasteiger partial charge < -0.3 is 5.11 Å². The van der Waals surface area contributed by atoms with Gasteiger partial charge in [0.2, 0.25) is 0 Å². The zero-order valence-electron chi connectivity index (χ0n) is 8.40. The average molecular weight is 415 g/mol. The van der Waals surface area contributed by atoms with E-state index in [1.54, 1.807) is 6.07 Å². The Morgan fingerprint density at radius 3 is 2.79 bits per heavy atom. The zero-order chi connectivity index (χ0) is 9.26. The van der Waals surface area contributed by atoms with Crippen LogP contribution in [0.4, 0.5) is 0 Å². The molecule has 0 saturated carbocycles. The van der Waals surface area contributed by atoms with Crippen LogP contribution in [-0.2, 0) is 0 Å². The first-order valence-corrected chi connectivity index (χ1v) is 4.76. The number of likely N-dealkylation sites (tertiary alicyclic amines) is 1. The predicted octanol–water partition coefficient (Wildman–Crippen LogP) is 2.16. The second-order valence-corrected chi connectivity index (χ2v) is 3.73. The fourth-order valence-corrected chi connectivity index (χ4v) is 2.06. The maximum Gasteiger partial charge on any atom is 0.115 e. The number of benzene rings is 1. The summed E-state index contributed by atoms with van der Waals surface area (Å²) in [6, 6.07) is 8.10. The van der Waals surface area contributed by atoms with Gasteiger partial charge in [0.15, 0.2) is 0 Å². The molecule has 2 rings (SSSR count). The Kier molecular flexibility index (Phi) is 4.50. The molecule has 1 atom stereocenters. The first-order valence-electron chi connectivity index (χ1n) is 4.76. The summed E-state index contributed by atoms with van der Waals surface area (Å²) in [6.45, 7) is 1.17. The molecular formula is C11H15NOU. The van der Waals surface area contributed by atoms with Crippen molar-refractivity contribution in [1.82, 2.24) is 4.90 Å². The van der Waals surface area contributed by atoms with Crippen LogP contribution in [-0.4, -0.2) is 23.6 Å². The van der Waals surface area contributed by atoms with Crippen LogP contribution in [0.5, 0.6) is 5.75 Å². The summed E-state index contributed by atoms with van der Waals surface area (Å²) < 4.78 is 0. The number of nitrogens with zero attached hydrogens (tertiary/aromatic N) is 1. The molecule has 14 heavy (non-hydrogen) atoms. The Hall–Kier alpha value is 0.0319. The molecule has 1 aromatic carbocycles. The minimum Gasteiger partial charge on any atom is -0.508 e. The third-order valence-electron chi connectivity index (χ3n) is 2.78. The van der Waals surface area contributed by atoms with Crippen molar-refractivity contribution in [1.29, 1.82) is 0 Å². The van der Waals surface area contributed by atoms with Crippen molar-refractivity contribution in [2.75, 3.05) is 13.6 Å². The zero-order valence-corrected chi connectivity index (χ0v) is 12.6. The minimum absolute atomic E-state index is 0. The van der Waals surface area contributed by atoms with E-state index in [4.69, 9.17) is 0 Å². The summed E-state index contributed by atoms with van der Waals surface area (Å²) in [6.07, 6.45) is 2.47. The van der Waals surface area contributed by atoms with Crippen molar-refractivity contribution in [2.24, 2.45) is 0 Å². The van der Waals surface area contributed by atoms with Crippen molar-refractivity contribution in [3.8, 4) is 5.75 Å². The van der Waals surface area contributed by atoms with Crippen molar-refractivity contribution >= 4 is 0 Å². The number of phenolic OH excluding ortho intramolecular Hbond substituents is 1. The van der Waals surface area contributed by atoms with Crippen LogP contribution in [0.1, 0.15) is 24.4 Å². The number of hydrogen-bond acceptors (Lipinski definition) is 2. The molecule has 1 heterocycles. The third kappa shape index (κ3) is 2.54. The topological polar surface area (TPSA) is 23.5 Å². The predicted molar refractivity (Wildman–Crippen MR) is 52.7 cm³/mol. The van der Waals surface area contributed by atoms with Gasteiger partial charge in [-0.25, -0.2) is 0 Å². The molecule has 0 amide bonds. The van der Waals surface area contributed by atoms with E-state index in [1.807, 2.05) is 12.1 Å². The average Bonchev–Trinajstić information content (AvgIpc) is 2.51. The van der Waals surface area contributed by atoms with E-state index in [0.717, 1.165) is 0 Å². The summed E-state index contributed by atoms with van der Waals surface area (Å²) in [4.78, 5) is 2.34. The molecular weight excluding hydrogens is 400 g/mol. The Balaban J connectivity index is 0.000000980. The van der Waals surface area contributed by atoms with Crippen molar-refractivity contribution in [3.63, 3.8) is 0 Å². The fraction of sp³-hybridized carbons (Fsp3) is 0.455. The van der Waals surface area contributed by atoms with E-state index in [2.05, 4.69) is 18.0 Å². The molecule has 0 aromatic heterocycles. The molecule has 1 aliphatic heterocycles. The summed E-state index contributed by atoms with van der Waals surface area (Å²) >= 11 is 0. The van der Waals surface area contributed by atoms with Crippen LogP contribution in [0.3, 0.4) is 0 Å². The number of rotatable bonds is 1. The molecule has 1 fully saturated rings. The first-order chi connectivity index (χ1) is 6.27. The van der Waals surface area contributed by atoms with E-state index < -0.39 is 0 Å². The maximum atomic E-state index is 9.34. The molecule has 1 unspecified atom stereocenters. The Labute approximate surface area is 109 Å². The molecule has 0 aliphatic carbocycles. The normalized spacial score (nSPS) is 21.9. The van der Waals surface area contributed by atoms with Gasteiger partial charge in [0.1, 0.15) is 5.75 Å². The van der Waals surface area contributed by atoms with Gasteiger partial charge in [0.05, 0.1) is 0 Å². The first kappa shape index (κ1) is 12.1. The quantitative estimate of drug-likeness (QED) is 0.760. The minimum atomic E-state index is 0. The van der Waals surface area contributed by atoms with Crippen LogP contribution in [0.2, 0.25) is 0 Å². The smallest absolute Gasteiger partial charge is 0.115 e. The molecule has 0 spiro atoms. The van der Waals surface area contributed by atoms with Gasteiger partial charge in [0.25, 0.3) is 0 Å². The van der Waals surface area contributed by atoms with Gasteiger partial charge in [0, 0.05) is 37.2 Å². The number of phenols is 1. The number of aromatic hydroxyl groups is 1. The van der Waals surface area contributed by atoms with E-state index in [0.29, 0.717) is 11.8 Å². The summed E-state index contributed by atoms with van der Waals surface area (Å²) in [5.74, 6) is 0.373. The largest absolute Gasteiger partial charge is 0.508 e. The monoisotopic (exact) mass is 415 g/mol. The van der Waals surface area contributed by atoms with Crippen LogP contribution < -0.4 is 0 Å². The molecule has 74 valence electrons. The van der Waals surface area contributed by atoms with Gasteiger partial charge in [-0.1, -0.05) is 12.1 Å². The SMILES string of the molecule is CN1CCCC1c1cccc(O)c1.[U]. The standard InChI is InChI=1S/C11H15NO.U/c1-12-7-3-6-11(12)9-4-2-5-10(13)8-9;/h2,4-5,8,11,13H,3,6-7H2,1H3;. The van der Waals surface area contributed by atoms with Gasteiger partial charge in [-0.15, -0.1) is 0 Å². The van der Waals surface area contributed by atoms with E-state index in [9.17, 15) is 5.11 Å². The Morgan fingerprint density at radius 2 is 2.21 bits per heavy atom. The van der Waals surface area contributed by atoms with Gasteiger partial charge in [-0.05, 0) is 44.1 Å². The molecule has 3 heteroatoms. The molecule has 2 nitrogen and oxygen atoms in total. The van der Waals surface area contributed by atoms with E-state index in [1.165, 1.54) is 24.9 Å². The van der Waals surface area contributed by atoms with Crippen LogP contribution in [0.15, 0.2) is 24.3 Å². The van der Waals surface area contributed by atoms with E-state index >= 15 is 0 Å². The molecule has 1 aliphatic rings. The van der Waals surface area contributed by atoms with Crippen molar-refractivity contribution in [3.05, 3.63) is 29.8 Å². The molecule has 0 bridgehead atoms. The second-order valence-electron chi connectivity index (χ2n) is 3.73. The molecule has 1 saturated heterocycles. The van der Waals surface area contributed by atoms with Gasteiger partial charge in [-0.3, -0.25) is 4.90 Å². The fourth-order valence-electron chi connectivity index (χ4n) is 2.06. The molecule has 1 aromatic rings. The van der Waals surface area contributed by atoms with Gasteiger partial charge in [-0.2, -0.15) is 0 Å². The Morgan fingerprint density at radius 1 is 1.43 bits per heavy atom. The summed E-state index contributed by atoms with van der Waals surface area (Å²) in [5.41, 5.74) is 1.24. The van der Waals surface area contributed by atoms with Gasteiger partial charge >= 0.3 is 0 Å². The van der Waals surface area contributed by atoms with Crippen LogP contribution in [0, 0.1) is 31.1 Å². The second kappa shape index (κ2) is 5.21. The molecule has 0 radical (unpaired) electrons. The summed E-state index contributed by atoms with van der Waals surface area (Å²) in [5, 5.41) is 9.34. The van der Waals surface area contributed by atoms with Crippen LogP contribution >= 0.6 is 0 Å². The Bertz CT molecular complexity index is 303.